The summed E-state index contributed by atoms with van der Waals surface area (Å²) in [5.41, 5.74) is 0. The van der Waals surface area contributed by atoms with Crippen LogP contribution in [0.25, 0.3) is 0 Å². The van der Waals surface area contributed by atoms with Gasteiger partial charge >= 0.3 is 25.8 Å². The summed E-state index contributed by atoms with van der Waals surface area (Å²) >= 11 is 14.3. The molecule has 0 aliphatic rings. The van der Waals surface area contributed by atoms with Crippen LogP contribution in [0.4, 0.5) is 0 Å². The predicted molar refractivity (Wildman–Crippen MR) is 65.8 cm³/mol. The summed E-state index contributed by atoms with van der Waals surface area (Å²) in [5.74, 6) is -4.26. The van der Waals surface area contributed by atoms with Crippen LogP contribution in [0.15, 0.2) is 34.8 Å². The first-order chi connectivity index (χ1) is 7.93. The first-order valence-electron chi connectivity index (χ1n) is 3.60. The van der Waals surface area contributed by atoms with Crippen molar-refractivity contribution in [3.05, 3.63) is 34.8 Å². The Bertz CT molecular complexity index is 287. The largest absolute Gasteiger partial charge is 3.00 e. The van der Waals surface area contributed by atoms with E-state index < -0.39 is 33.0 Å². The maximum Gasteiger partial charge on any atom is 3.00 e. The third-order valence-electron chi connectivity index (χ3n) is 0.664. The van der Waals surface area contributed by atoms with E-state index in [1.54, 1.807) is 0 Å². The number of carboxylic acids is 3. The van der Waals surface area contributed by atoms with Crippen molar-refractivity contribution in [2.75, 3.05) is 0 Å². The molecule has 0 aliphatic carbocycles. The first kappa shape index (κ1) is 26.8. The number of carbonyl (C=O) groups is 3. The van der Waals surface area contributed by atoms with Crippen LogP contribution in [0, 0.1) is 0 Å². The van der Waals surface area contributed by atoms with E-state index in [9.17, 15) is 29.7 Å². The van der Waals surface area contributed by atoms with Crippen LogP contribution in [0.2, 0.25) is 0 Å². The normalized spacial score (nSPS) is 7.11. The van der Waals surface area contributed by atoms with E-state index in [0.717, 1.165) is 0 Å². The van der Waals surface area contributed by atoms with Gasteiger partial charge in [0.1, 0.15) is 0 Å². The second-order valence-electron chi connectivity index (χ2n) is 2.08. The number of carboxylic acid groups (broad SMARTS) is 3. The summed E-state index contributed by atoms with van der Waals surface area (Å²) in [4.78, 5) is 28.1. The van der Waals surface area contributed by atoms with Crippen LogP contribution in [-0.2, 0) is 14.4 Å². The maximum absolute atomic E-state index is 9.36. The molecule has 0 atom stereocenters. The minimum atomic E-state index is -1.42. The molecule has 0 saturated carbocycles. The van der Waals surface area contributed by atoms with E-state index in [4.69, 9.17) is 34.8 Å². The summed E-state index contributed by atoms with van der Waals surface area (Å²) < 4.78 is 0. The van der Waals surface area contributed by atoms with Crippen molar-refractivity contribution in [3.8, 4) is 0 Å². The Balaban J connectivity index is -0.0000000865. The monoisotopic (exact) mass is 430 g/mol. The average Bonchev–Trinajstić information content (AvgIpc) is 2.18. The Morgan fingerprint density at radius 3 is 0.684 bits per heavy atom. The quantitative estimate of drug-likeness (QED) is 0.481. The minimum absolute atomic E-state index is 0. The summed E-state index contributed by atoms with van der Waals surface area (Å²) in [6, 6.07) is 0. The van der Waals surface area contributed by atoms with Gasteiger partial charge in [0, 0.05) is 0 Å². The van der Waals surface area contributed by atoms with Gasteiger partial charge < -0.3 is 29.7 Å². The molecule has 0 fully saturated rings. The Kier molecular flexibility index (Phi) is 21.8. The Labute approximate surface area is 142 Å². The van der Waals surface area contributed by atoms with Crippen molar-refractivity contribution in [2.24, 2.45) is 0 Å². The van der Waals surface area contributed by atoms with Crippen LogP contribution in [0.5, 0.6) is 0 Å². The van der Waals surface area contributed by atoms with Crippen molar-refractivity contribution < 1.29 is 29.7 Å². The smallest absolute Gasteiger partial charge is 0.544 e. The Morgan fingerprint density at radius 2 is 0.684 bits per heavy atom. The Morgan fingerprint density at radius 1 is 0.632 bits per heavy atom. The SMILES string of the molecule is C=C(Cl)C(=O)[O-].C=C(Cl)C(=O)[O-].C=C(Cl)C(=O)[O-].[In+3]. The summed E-state index contributed by atoms with van der Waals surface area (Å²) in [6.07, 6.45) is 0. The van der Waals surface area contributed by atoms with Gasteiger partial charge in [0.05, 0.1) is 33.0 Å². The molecule has 0 rings (SSSR count). The van der Waals surface area contributed by atoms with Crippen LogP contribution in [0.1, 0.15) is 0 Å². The first-order valence-corrected chi connectivity index (χ1v) is 4.74. The molecule has 0 amide bonds. The maximum atomic E-state index is 9.36. The number of rotatable bonds is 3. The average molecular weight is 431 g/mol. The van der Waals surface area contributed by atoms with Gasteiger partial charge in [0.2, 0.25) is 0 Å². The van der Waals surface area contributed by atoms with Gasteiger partial charge in [-0.3, -0.25) is 0 Å². The zero-order valence-corrected chi connectivity index (χ0v) is 14.8. The van der Waals surface area contributed by atoms with E-state index in [2.05, 4.69) is 19.7 Å². The topological polar surface area (TPSA) is 120 Å². The third kappa shape index (κ3) is 31.7. The molecule has 0 aliphatic heterocycles. The molecule has 6 nitrogen and oxygen atoms in total. The molecule has 102 valence electrons. The van der Waals surface area contributed by atoms with E-state index in [1.807, 2.05) is 0 Å². The number of carbonyl (C=O) groups excluding carboxylic acids is 3. The second kappa shape index (κ2) is 15.4. The number of hydrogen-bond donors (Lipinski definition) is 0. The fourth-order valence-corrected chi connectivity index (χ4v) is 0. The van der Waals surface area contributed by atoms with Gasteiger partial charge in [-0.2, -0.15) is 0 Å². The fourth-order valence-electron chi connectivity index (χ4n) is 0. The molecule has 0 spiro atoms. The van der Waals surface area contributed by atoms with Gasteiger partial charge in [-0.05, 0) is 0 Å². The van der Waals surface area contributed by atoms with Crippen molar-refractivity contribution in [1.82, 2.24) is 0 Å². The van der Waals surface area contributed by atoms with Crippen molar-refractivity contribution in [1.29, 1.82) is 0 Å². The molecule has 19 heavy (non-hydrogen) atoms. The van der Waals surface area contributed by atoms with Gasteiger partial charge in [0.15, 0.2) is 0 Å². The summed E-state index contributed by atoms with van der Waals surface area (Å²) in [7, 11) is 0. The zero-order chi connectivity index (χ0) is 15.5. The summed E-state index contributed by atoms with van der Waals surface area (Å²) in [5, 5.41) is 26.7. The molecular weight excluding hydrogens is 425 g/mol. The number of hydrogen-bond acceptors (Lipinski definition) is 6. The molecular formula is C9H6Cl3InO6. The standard InChI is InChI=1S/3C3H3ClO2.In/c3*1-2(4)3(5)6;/h3*1H2,(H,5,6);/q;;;+3/p-3. The number of halogens is 3. The Hall–Kier alpha value is -0.630. The second-order valence-corrected chi connectivity index (χ2v) is 3.45. The van der Waals surface area contributed by atoms with Crippen molar-refractivity contribution in [3.63, 3.8) is 0 Å². The molecule has 0 unspecified atom stereocenters. The van der Waals surface area contributed by atoms with Gasteiger partial charge in [-0.15, -0.1) is 0 Å². The van der Waals surface area contributed by atoms with Crippen LogP contribution >= 0.6 is 34.8 Å². The van der Waals surface area contributed by atoms with Crippen LogP contribution < -0.4 is 15.3 Å². The molecule has 10 heteroatoms. The van der Waals surface area contributed by atoms with Gasteiger partial charge in [-0.25, -0.2) is 0 Å². The van der Waals surface area contributed by atoms with E-state index in [0.29, 0.717) is 0 Å². The predicted octanol–water partition coefficient (Wildman–Crippen LogP) is -1.91. The number of aliphatic carboxylic acids is 3. The molecule has 0 heterocycles. The van der Waals surface area contributed by atoms with E-state index in [1.165, 1.54) is 0 Å². The van der Waals surface area contributed by atoms with Crippen LogP contribution in [0.3, 0.4) is 0 Å². The van der Waals surface area contributed by atoms with Gasteiger partial charge in [0.25, 0.3) is 0 Å². The summed E-state index contributed by atoms with van der Waals surface area (Å²) in [6.45, 7) is 8.57. The molecule has 0 bridgehead atoms. The molecule has 0 radical (unpaired) electrons. The molecule has 0 aromatic carbocycles. The molecule has 0 saturated heterocycles. The van der Waals surface area contributed by atoms with E-state index >= 15 is 0 Å². The fraction of sp³-hybridized carbons (Fsp3) is 0. The third-order valence-corrected chi connectivity index (χ3v) is 1.13. The molecule has 0 N–H and O–H groups in total. The van der Waals surface area contributed by atoms with Gasteiger partial charge in [-0.1, -0.05) is 54.5 Å². The minimum Gasteiger partial charge on any atom is -0.544 e. The zero-order valence-electron chi connectivity index (χ0n) is 9.28. The molecule has 0 aromatic heterocycles. The van der Waals surface area contributed by atoms with Crippen molar-refractivity contribution in [2.45, 2.75) is 0 Å². The van der Waals surface area contributed by atoms with E-state index in [-0.39, 0.29) is 25.8 Å². The molecule has 0 aromatic rings. The van der Waals surface area contributed by atoms with Crippen molar-refractivity contribution >= 4 is 78.6 Å². The van der Waals surface area contributed by atoms with Crippen LogP contribution in [-0.4, -0.2) is 43.8 Å².